The number of benzene rings is 9. The summed E-state index contributed by atoms with van der Waals surface area (Å²) in [5.74, 6) is 0. The van der Waals surface area contributed by atoms with E-state index in [1.54, 1.807) is 72.2 Å². The van der Waals surface area contributed by atoms with Gasteiger partial charge in [-0.2, -0.15) is 52.7 Å². The first-order valence-electron chi connectivity index (χ1n) is 25.8. The lowest BCUT2D eigenvalue weighted by atomic mass is 9.98. The Hall–Kier alpha value is -8.66. The third-order valence-corrected chi connectivity index (χ3v) is 14.2. The van der Waals surface area contributed by atoms with E-state index in [0.29, 0.717) is 73.2 Å². The van der Waals surface area contributed by atoms with Crippen LogP contribution in [-0.2, 0) is 24.7 Å². The summed E-state index contributed by atoms with van der Waals surface area (Å²) < 4.78 is 172. The molecule has 9 aromatic carbocycles. The molecule has 4 nitrogen and oxygen atoms in total. The number of nitrogens with zero attached hydrogens (tertiary/aromatic N) is 4. The molecule has 9 rings (SSSR count). The van der Waals surface area contributed by atoms with Crippen molar-refractivity contribution in [2.24, 2.45) is 0 Å². The molecule has 0 aliphatic rings. The highest BCUT2D eigenvalue weighted by Gasteiger charge is 2.36. The van der Waals surface area contributed by atoms with Crippen LogP contribution in [0.4, 0.5) is 121 Å². The fraction of sp³-hybridized carbons (Fsp3) is 0.182. The molecule has 0 unspecified atom stereocenters. The SMILES string of the molecule is Cc1cccc(N(c2cccc(C(F)(F)F)c2)c2cc(C)c(N(c3cc(C)c(N(c4cccc(C)c4)c4cccc(C(F)(F)F)c4)cc3C)c3cc(C)c(N(c4cccc(C(F)(F)F)c4)c4cccc(C(F)(F)F)c4)cc3C)cc2C)c1. The number of hydrogen-bond acceptors (Lipinski definition) is 4. The zero-order valence-corrected chi connectivity index (χ0v) is 45.6. The topological polar surface area (TPSA) is 13.0 Å². The molecule has 0 aliphatic carbocycles. The second kappa shape index (κ2) is 22.0. The van der Waals surface area contributed by atoms with Crippen molar-refractivity contribution < 1.29 is 52.7 Å². The Balaban J connectivity index is 1.30. The first-order valence-corrected chi connectivity index (χ1v) is 25.8. The standard InChI is InChI=1S/C66H54F12N4/c1-39-15-9-21-51(27-39)79(53-23-11-17-47(35-53)63(67,68)69)57-29-44(6)60(32-41(57)3)82(61-33-42(4)58(30-45(61)7)80(52-22-10-16-40(2)28-52)54-24-12-18-48(36-54)64(70,71)72)62-34-43(5)59(31-46(62)8)81(55-25-13-19-49(37-55)65(73,74)75)56-26-14-20-50(38-56)66(76,77)78/h9-38H,1-8H3. The second-order valence-corrected chi connectivity index (χ2v) is 20.5. The van der Waals surface area contributed by atoms with Crippen LogP contribution in [0.2, 0.25) is 0 Å². The molecule has 0 N–H and O–H groups in total. The largest absolute Gasteiger partial charge is 0.416 e. The molecule has 0 amide bonds. The van der Waals surface area contributed by atoms with Gasteiger partial charge < -0.3 is 19.6 Å². The Morgan fingerprint density at radius 1 is 0.220 bits per heavy atom. The minimum absolute atomic E-state index is 0.0664. The molecule has 0 saturated carbocycles. The van der Waals surface area contributed by atoms with Crippen LogP contribution in [0.25, 0.3) is 0 Å². The minimum atomic E-state index is -4.80. The molecule has 0 radical (unpaired) electrons. The Labute approximate surface area is 467 Å². The van der Waals surface area contributed by atoms with E-state index in [4.69, 9.17) is 0 Å². The van der Waals surface area contributed by atoms with Crippen molar-refractivity contribution in [1.82, 2.24) is 0 Å². The average Bonchev–Trinajstić information content (AvgIpc) is 3.19. The summed E-state index contributed by atoms with van der Waals surface area (Å²) in [6.07, 6.45) is -18.9. The summed E-state index contributed by atoms with van der Waals surface area (Å²) in [6.45, 7) is 14.5. The van der Waals surface area contributed by atoms with Crippen LogP contribution in [0.15, 0.2) is 182 Å². The van der Waals surface area contributed by atoms with Crippen molar-refractivity contribution in [1.29, 1.82) is 0 Å². The summed E-state index contributed by atoms with van der Waals surface area (Å²) in [6, 6.07) is 44.3. The minimum Gasteiger partial charge on any atom is -0.310 e. The molecule has 0 bridgehead atoms. The molecular weight excluding hydrogens is 1080 g/mol. The molecule has 16 heteroatoms. The average molecular weight is 1130 g/mol. The van der Waals surface area contributed by atoms with Gasteiger partial charge in [-0.05, 0) is 233 Å². The lowest BCUT2D eigenvalue weighted by Crippen LogP contribution is -2.19. The first-order chi connectivity index (χ1) is 38.5. The molecule has 0 saturated heterocycles. The van der Waals surface area contributed by atoms with Crippen LogP contribution in [0, 0.1) is 55.4 Å². The van der Waals surface area contributed by atoms with Gasteiger partial charge in [-0.15, -0.1) is 0 Å². The van der Waals surface area contributed by atoms with Gasteiger partial charge in [-0.1, -0.05) is 48.5 Å². The van der Waals surface area contributed by atoms with Crippen molar-refractivity contribution in [2.75, 3.05) is 19.6 Å². The van der Waals surface area contributed by atoms with Crippen molar-refractivity contribution in [2.45, 2.75) is 80.1 Å². The van der Waals surface area contributed by atoms with Crippen molar-refractivity contribution in [3.63, 3.8) is 0 Å². The highest BCUT2D eigenvalue weighted by Crippen LogP contribution is 2.50. The molecule has 0 spiro atoms. The summed E-state index contributed by atoms with van der Waals surface area (Å²) in [7, 11) is 0. The van der Waals surface area contributed by atoms with E-state index in [1.165, 1.54) is 41.3 Å². The molecule has 0 atom stereocenters. The monoisotopic (exact) mass is 1130 g/mol. The highest BCUT2D eigenvalue weighted by molar-refractivity contribution is 5.91. The Bertz CT molecular complexity index is 3640. The quantitative estimate of drug-likeness (QED) is 0.113. The molecule has 0 heterocycles. The fourth-order valence-corrected chi connectivity index (χ4v) is 10.3. The van der Waals surface area contributed by atoms with Gasteiger partial charge in [0, 0.05) is 68.2 Å². The van der Waals surface area contributed by atoms with Crippen LogP contribution in [0.5, 0.6) is 0 Å². The second-order valence-electron chi connectivity index (χ2n) is 20.5. The molecule has 0 aromatic heterocycles. The lowest BCUT2D eigenvalue weighted by Gasteiger charge is -2.35. The van der Waals surface area contributed by atoms with E-state index in [0.717, 1.165) is 59.7 Å². The van der Waals surface area contributed by atoms with Gasteiger partial charge in [0.25, 0.3) is 0 Å². The van der Waals surface area contributed by atoms with E-state index in [2.05, 4.69) is 0 Å². The van der Waals surface area contributed by atoms with E-state index < -0.39 is 47.0 Å². The van der Waals surface area contributed by atoms with Gasteiger partial charge in [0.05, 0.1) is 22.3 Å². The molecular formula is C66H54F12N4. The summed E-state index contributed by atoms with van der Waals surface area (Å²) >= 11 is 0. The van der Waals surface area contributed by atoms with Crippen molar-refractivity contribution in [3.05, 3.63) is 249 Å². The number of aryl methyl sites for hydroxylation is 8. The highest BCUT2D eigenvalue weighted by atomic mass is 19.4. The number of hydrogen-bond donors (Lipinski definition) is 0. The normalized spacial score (nSPS) is 12.1. The Kier molecular flexibility index (Phi) is 15.6. The maximum Gasteiger partial charge on any atom is 0.416 e. The molecule has 0 fully saturated rings. The number of rotatable bonds is 12. The van der Waals surface area contributed by atoms with Gasteiger partial charge >= 0.3 is 24.7 Å². The third kappa shape index (κ3) is 12.0. The maximum atomic E-state index is 14.4. The van der Waals surface area contributed by atoms with Crippen LogP contribution in [0.3, 0.4) is 0 Å². The van der Waals surface area contributed by atoms with Crippen molar-refractivity contribution in [3.8, 4) is 0 Å². The molecule has 9 aromatic rings. The van der Waals surface area contributed by atoms with E-state index >= 15 is 0 Å². The van der Waals surface area contributed by atoms with Gasteiger partial charge in [-0.3, -0.25) is 0 Å². The predicted octanol–water partition coefficient (Wildman–Crippen LogP) is 22.1. The van der Waals surface area contributed by atoms with E-state index in [1.807, 2.05) is 95.0 Å². The van der Waals surface area contributed by atoms with Crippen LogP contribution >= 0.6 is 0 Å². The van der Waals surface area contributed by atoms with E-state index in [-0.39, 0.29) is 28.4 Å². The van der Waals surface area contributed by atoms with Gasteiger partial charge in [-0.25, -0.2) is 0 Å². The van der Waals surface area contributed by atoms with Crippen LogP contribution in [-0.4, -0.2) is 0 Å². The van der Waals surface area contributed by atoms with Gasteiger partial charge in [0.15, 0.2) is 0 Å². The number of alkyl halides is 12. The van der Waals surface area contributed by atoms with Crippen molar-refractivity contribution >= 4 is 68.2 Å². The van der Waals surface area contributed by atoms with E-state index in [9.17, 15) is 52.7 Å². The molecule has 0 aliphatic heterocycles. The number of anilines is 12. The molecule has 422 valence electrons. The smallest absolute Gasteiger partial charge is 0.310 e. The Morgan fingerprint density at radius 3 is 0.598 bits per heavy atom. The Morgan fingerprint density at radius 2 is 0.402 bits per heavy atom. The fourth-order valence-electron chi connectivity index (χ4n) is 10.3. The summed E-state index contributed by atoms with van der Waals surface area (Å²) in [5.41, 5.74) is 5.98. The van der Waals surface area contributed by atoms with Gasteiger partial charge in [0.2, 0.25) is 0 Å². The van der Waals surface area contributed by atoms with Crippen LogP contribution in [0.1, 0.15) is 66.8 Å². The van der Waals surface area contributed by atoms with Crippen LogP contribution < -0.4 is 19.6 Å². The zero-order chi connectivity index (χ0) is 59.4. The summed E-state index contributed by atoms with van der Waals surface area (Å²) in [5, 5.41) is 0. The summed E-state index contributed by atoms with van der Waals surface area (Å²) in [4.78, 5) is 6.80. The van der Waals surface area contributed by atoms with Gasteiger partial charge in [0.1, 0.15) is 0 Å². The third-order valence-electron chi connectivity index (χ3n) is 14.2. The maximum absolute atomic E-state index is 14.4. The predicted molar refractivity (Wildman–Crippen MR) is 303 cm³/mol. The number of halogens is 12. The zero-order valence-electron chi connectivity index (χ0n) is 45.6. The lowest BCUT2D eigenvalue weighted by molar-refractivity contribution is -0.138. The molecule has 82 heavy (non-hydrogen) atoms. The first kappa shape index (κ1) is 58.0.